The van der Waals surface area contributed by atoms with E-state index in [1.165, 1.54) is 55.6 Å². The lowest BCUT2D eigenvalue weighted by Gasteiger charge is -2.12. The number of ether oxygens (including phenoxy) is 3. The topological polar surface area (TPSA) is 78.9 Å². The van der Waals surface area contributed by atoms with E-state index in [1.54, 1.807) is 13.0 Å². The number of carbonyl (C=O) groups excluding carboxylic acids is 1. The van der Waals surface area contributed by atoms with Gasteiger partial charge in [0, 0.05) is 0 Å². The van der Waals surface area contributed by atoms with Gasteiger partial charge in [0.2, 0.25) is 9.84 Å². The first kappa shape index (κ1) is 25.1. The van der Waals surface area contributed by atoms with Gasteiger partial charge in [0.1, 0.15) is 17.2 Å². The highest BCUT2D eigenvalue weighted by Crippen LogP contribution is 2.32. The van der Waals surface area contributed by atoms with Crippen LogP contribution in [0.5, 0.6) is 17.2 Å². The average Bonchev–Trinajstić information content (AvgIpc) is 2.79. The number of rotatable bonds is 8. The largest absolute Gasteiger partial charge is 0.494 e. The van der Waals surface area contributed by atoms with E-state index >= 15 is 0 Å². The third-order valence-electron chi connectivity index (χ3n) is 4.69. The van der Waals surface area contributed by atoms with Crippen molar-refractivity contribution >= 4 is 15.8 Å². The zero-order chi connectivity index (χ0) is 24.9. The van der Waals surface area contributed by atoms with Crippen molar-refractivity contribution in [3.05, 3.63) is 77.9 Å². The first-order valence-electron chi connectivity index (χ1n) is 10.1. The maximum Gasteiger partial charge on any atom is 0.416 e. The molecule has 0 spiro atoms. The fourth-order valence-electron chi connectivity index (χ4n) is 3.05. The van der Waals surface area contributed by atoms with Gasteiger partial charge in [-0.15, -0.1) is 0 Å². The summed E-state index contributed by atoms with van der Waals surface area (Å²) in [6.45, 7) is 2.05. The minimum atomic E-state index is -4.45. The second kappa shape index (κ2) is 10.2. The highest BCUT2D eigenvalue weighted by molar-refractivity contribution is 7.91. The van der Waals surface area contributed by atoms with Gasteiger partial charge in [-0.05, 0) is 79.2 Å². The van der Waals surface area contributed by atoms with Crippen LogP contribution in [0.2, 0.25) is 0 Å². The summed E-state index contributed by atoms with van der Waals surface area (Å²) >= 11 is 0. The van der Waals surface area contributed by atoms with Crippen LogP contribution in [-0.2, 0) is 32.0 Å². The lowest BCUT2D eigenvalue weighted by molar-refractivity contribution is -0.140. The van der Waals surface area contributed by atoms with E-state index in [2.05, 4.69) is 4.74 Å². The Bertz CT molecular complexity index is 1250. The summed E-state index contributed by atoms with van der Waals surface area (Å²) in [6.07, 6.45) is -4.58. The number of hydrogen-bond acceptors (Lipinski definition) is 6. The van der Waals surface area contributed by atoms with Gasteiger partial charge in [0.15, 0.2) is 0 Å². The van der Waals surface area contributed by atoms with Gasteiger partial charge in [0.05, 0.1) is 35.5 Å². The molecule has 0 bridgehead atoms. The number of sulfone groups is 1. The molecule has 0 saturated carbocycles. The average molecular weight is 494 g/mol. The molecule has 0 heterocycles. The van der Waals surface area contributed by atoms with E-state index in [9.17, 15) is 26.4 Å². The molecule has 0 aromatic heterocycles. The summed E-state index contributed by atoms with van der Waals surface area (Å²) in [6, 6.07) is 13.9. The molecule has 0 unspecified atom stereocenters. The molecule has 0 radical (unpaired) electrons. The quantitative estimate of drug-likeness (QED) is 0.388. The minimum Gasteiger partial charge on any atom is -0.494 e. The zero-order valence-corrected chi connectivity index (χ0v) is 19.1. The van der Waals surface area contributed by atoms with Crippen LogP contribution < -0.4 is 9.47 Å². The van der Waals surface area contributed by atoms with Crippen molar-refractivity contribution in [1.82, 2.24) is 0 Å². The molecular formula is C24H21F3O6S. The Kier molecular flexibility index (Phi) is 7.51. The van der Waals surface area contributed by atoms with Crippen LogP contribution in [0.3, 0.4) is 0 Å². The number of benzene rings is 3. The van der Waals surface area contributed by atoms with E-state index in [4.69, 9.17) is 9.47 Å². The van der Waals surface area contributed by atoms with Crippen LogP contribution in [0.1, 0.15) is 18.1 Å². The van der Waals surface area contributed by atoms with Gasteiger partial charge in [-0.1, -0.05) is 0 Å². The predicted octanol–water partition coefficient (Wildman–Crippen LogP) is 5.44. The molecule has 34 heavy (non-hydrogen) atoms. The van der Waals surface area contributed by atoms with Crippen molar-refractivity contribution in [1.29, 1.82) is 0 Å². The van der Waals surface area contributed by atoms with Gasteiger partial charge in [-0.25, -0.2) is 8.42 Å². The third kappa shape index (κ3) is 6.07. The molecule has 0 fully saturated rings. The predicted molar refractivity (Wildman–Crippen MR) is 117 cm³/mol. The Morgan fingerprint density at radius 1 is 0.853 bits per heavy atom. The fraction of sp³-hybridized carbons (Fsp3) is 0.208. The van der Waals surface area contributed by atoms with Crippen molar-refractivity contribution in [3.8, 4) is 17.2 Å². The number of carbonyl (C=O) groups is 1. The molecule has 0 aliphatic rings. The summed E-state index contributed by atoms with van der Waals surface area (Å²) in [4.78, 5) is 11.6. The van der Waals surface area contributed by atoms with Gasteiger partial charge in [-0.3, -0.25) is 4.79 Å². The molecule has 180 valence electrons. The van der Waals surface area contributed by atoms with Crippen LogP contribution in [0.25, 0.3) is 0 Å². The maximum atomic E-state index is 13.2. The van der Waals surface area contributed by atoms with Crippen LogP contribution in [0.15, 0.2) is 76.5 Å². The molecule has 0 aliphatic carbocycles. The monoisotopic (exact) mass is 494 g/mol. The van der Waals surface area contributed by atoms with Gasteiger partial charge in [-0.2, -0.15) is 13.2 Å². The number of alkyl halides is 3. The molecule has 0 N–H and O–H groups in total. The van der Waals surface area contributed by atoms with Crippen molar-refractivity contribution in [2.75, 3.05) is 13.7 Å². The maximum absolute atomic E-state index is 13.2. The van der Waals surface area contributed by atoms with Gasteiger partial charge >= 0.3 is 12.1 Å². The zero-order valence-electron chi connectivity index (χ0n) is 18.3. The third-order valence-corrected chi connectivity index (χ3v) is 6.44. The van der Waals surface area contributed by atoms with E-state index in [0.29, 0.717) is 17.9 Å². The standard InChI is InChI=1S/C24H21F3O6S/c1-3-32-20-12-16(14-23(28)31-2)13-22(15-20)34(29,30)21-10-8-19(9-11-21)33-18-6-4-17(5-7-18)24(25,26)27/h4-13,15H,3,14H2,1-2H3. The Hall–Kier alpha value is -3.53. The molecule has 0 atom stereocenters. The molecule has 0 amide bonds. The lowest BCUT2D eigenvalue weighted by atomic mass is 10.1. The summed E-state index contributed by atoms with van der Waals surface area (Å²) in [5.74, 6) is 0.181. The summed E-state index contributed by atoms with van der Waals surface area (Å²) < 4.78 is 80.0. The number of hydrogen-bond donors (Lipinski definition) is 0. The lowest BCUT2D eigenvalue weighted by Crippen LogP contribution is -2.08. The molecule has 3 aromatic rings. The van der Waals surface area contributed by atoms with Crippen molar-refractivity contribution in [3.63, 3.8) is 0 Å². The van der Waals surface area contributed by atoms with Crippen LogP contribution in [-0.4, -0.2) is 28.1 Å². The molecular weight excluding hydrogens is 473 g/mol. The highest BCUT2D eigenvalue weighted by Gasteiger charge is 2.30. The summed E-state index contributed by atoms with van der Waals surface area (Å²) in [5.41, 5.74) is -0.388. The number of methoxy groups -OCH3 is 1. The van der Waals surface area contributed by atoms with E-state index in [1.807, 2.05) is 0 Å². The molecule has 6 nitrogen and oxygen atoms in total. The van der Waals surface area contributed by atoms with Crippen LogP contribution in [0.4, 0.5) is 13.2 Å². The SMILES string of the molecule is CCOc1cc(CC(=O)OC)cc(S(=O)(=O)c2ccc(Oc3ccc(C(F)(F)F)cc3)cc2)c1. The molecule has 10 heteroatoms. The highest BCUT2D eigenvalue weighted by atomic mass is 32.2. The Morgan fingerprint density at radius 2 is 1.44 bits per heavy atom. The summed E-state index contributed by atoms with van der Waals surface area (Å²) in [7, 11) is -2.73. The number of halogens is 3. The smallest absolute Gasteiger partial charge is 0.416 e. The van der Waals surface area contributed by atoms with Crippen LogP contribution in [0, 0.1) is 0 Å². The first-order valence-corrected chi connectivity index (χ1v) is 11.5. The van der Waals surface area contributed by atoms with Gasteiger partial charge in [0.25, 0.3) is 0 Å². The molecule has 3 rings (SSSR count). The van der Waals surface area contributed by atoms with Crippen molar-refractivity contribution < 1.29 is 40.6 Å². The van der Waals surface area contributed by atoms with Crippen LogP contribution >= 0.6 is 0 Å². The molecule has 0 saturated heterocycles. The second-order valence-corrected chi connectivity index (χ2v) is 9.05. The number of esters is 1. The van der Waals surface area contributed by atoms with Crippen molar-refractivity contribution in [2.45, 2.75) is 29.3 Å². The van der Waals surface area contributed by atoms with E-state index < -0.39 is 27.5 Å². The van der Waals surface area contributed by atoms with E-state index in [0.717, 1.165) is 12.1 Å². The normalized spacial score (nSPS) is 11.7. The second-order valence-electron chi connectivity index (χ2n) is 7.10. The fourth-order valence-corrected chi connectivity index (χ4v) is 4.39. The summed E-state index contributed by atoms with van der Waals surface area (Å²) in [5, 5.41) is 0. The Labute approximate surface area is 194 Å². The minimum absolute atomic E-state index is 0.0371. The first-order chi connectivity index (χ1) is 16.0. The van der Waals surface area contributed by atoms with E-state index in [-0.39, 0.29) is 27.7 Å². The van der Waals surface area contributed by atoms with Crippen molar-refractivity contribution in [2.24, 2.45) is 0 Å². The molecule has 3 aromatic carbocycles. The Balaban J connectivity index is 1.85. The molecule has 0 aliphatic heterocycles. The van der Waals surface area contributed by atoms with Gasteiger partial charge < -0.3 is 14.2 Å². The Morgan fingerprint density at radius 3 is 1.97 bits per heavy atom.